The van der Waals surface area contributed by atoms with Crippen molar-refractivity contribution in [2.24, 2.45) is 11.7 Å². The van der Waals surface area contributed by atoms with Crippen molar-refractivity contribution < 1.29 is 13.9 Å². The van der Waals surface area contributed by atoms with Gasteiger partial charge < -0.3 is 10.5 Å². The largest absolute Gasteiger partial charge is 0.468 e. The van der Waals surface area contributed by atoms with Gasteiger partial charge in [0, 0.05) is 0 Å². The van der Waals surface area contributed by atoms with Crippen molar-refractivity contribution in [3.63, 3.8) is 0 Å². The molecule has 18 heavy (non-hydrogen) atoms. The molecular weight excluding hydrogens is 233 g/mol. The Bertz CT molecular complexity index is 391. The highest BCUT2D eigenvalue weighted by molar-refractivity contribution is 5.75. The Labute approximate surface area is 107 Å². The maximum Gasteiger partial charge on any atom is 0.322 e. The molecule has 0 radical (unpaired) electrons. The van der Waals surface area contributed by atoms with Gasteiger partial charge >= 0.3 is 5.97 Å². The summed E-state index contributed by atoms with van der Waals surface area (Å²) in [7, 11) is 1.33. The maximum absolute atomic E-state index is 12.8. The summed E-state index contributed by atoms with van der Waals surface area (Å²) in [6.45, 7) is 4.07. The normalized spacial score (nSPS) is 15.8. The third-order valence-electron chi connectivity index (χ3n) is 3.38. The highest BCUT2D eigenvalue weighted by Gasteiger charge is 2.21. The lowest BCUT2D eigenvalue weighted by molar-refractivity contribution is -0.142. The summed E-state index contributed by atoms with van der Waals surface area (Å²) >= 11 is 0. The number of esters is 1. The Balaban J connectivity index is 2.63. The van der Waals surface area contributed by atoms with E-state index in [1.54, 1.807) is 12.1 Å². The summed E-state index contributed by atoms with van der Waals surface area (Å²) in [5, 5.41) is 0. The second-order valence-corrected chi connectivity index (χ2v) is 4.68. The minimum Gasteiger partial charge on any atom is -0.468 e. The molecule has 0 aromatic heterocycles. The Morgan fingerprint density at radius 1 is 1.33 bits per heavy atom. The minimum atomic E-state index is -0.604. The molecule has 3 nitrogen and oxygen atoms in total. The summed E-state index contributed by atoms with van der Waals surface area (Å²) in [6, 6.07) is 5.81. The molecule has 1 aromatic carbocycles. The average Bonchev–Trinajstić information content (AvgIpc) is 2.37. The zero-order valence-corrected chi connectivity index (χ0v) is 11.0. The standard InChI is InChI=1S/C14H20FNO2/c1-9(8-13(16)14(17)18-3)10(2)11-4-6-12(15)7-5-11/h4-7,9-10,13H,8,16H2,1-3H3. The second-order valence-electron chi connectivity index (χ2n) is 4.68. The van der Waals surface area contributed by atoms with Gasteiger partial charge in [-0.15, -0.1) is 0 Å². The molecule has 3 atom stereocenters. The summed E-state index contributed by atoms with van der Waals surface area (Å²) in [6.07, 6.45) is 0.547. The molecule has 0 aliphatic heterocycles. The molecule has 0 fully saturated rings. The van der Waals surface area contributed by atoms with Crippen LogP contribution in [0.2, 0.25) is 0 Å². The van der Waals surface area contributed by atoms with Crippen molar-refractivity contribution in [2.45, 2.75) is 32.2 Å². The number of carbonyl (C=O) groups is 1. The fourth-order valence-electron chi connectivity index (χ4n) is 1.95. The molecular formula is C14H20FNO2. The van der Waals surface area contributed by atoms with Gasteiger partial charge in [-0.05, 0) is 36.0 Å². The fourth-order valence-corrected chi connectivity index (χ4v) is 1.95. The van der Waals surface area contributed by atoms with Gasteiger partial charge in [0.1, 0.15) is 11.9 Å². The monoisotopic (exact) mass is 253 g/mol. The summed E-state index contributed by atoms with van der Waals surface area (Å²) < 4.78 is 17.4. The lowest BCUT2D eigenvalue weighted by Crippen LogP contribution is -2.34. The quantitative estimate of drug-likeness (QED) is 0.820. The molecule has 0 aliphatic carbocycles. The van der Waals surface area contributed by atoms with E-state index >= 15 is 0 Å². The minimum absolute atomic E-state index is 0.210. The predicted octanol–water partition coefficient (Wildman–Crippen LogP) is 2.46. The molecule has 1 aromatic rings. The first kappa shape index (κ1) is 14.6. The number of hydrogen-bond acceptors (Lipinski definition) is 3. The van der Waals surface area contributed by atoms with E-state index in [2.05, 4.69) is 4.74 Å². The van der Waals surface area contributed by atoms with Crippen molar-refractivity contribution in [1.82, 2.24) is 0 Å². The van der Waals surface area contributed by atoms with Gasteiger partial charge in [0.25, 0.3) is 0 Å². The zero-order valence-electron chi connectivity index (χ0n) is 11.0. The molecule has 0 aliphatic rings. The molecule has 3 unspecified atom stereocenters. The van der Waals surface area contributed by atoms with Crippen LogP contribution in [0, 0.1) is 11.7 Å². The first-order valence-corrected chi connectivity index (χ1v) is 6.04. The van der Waals surface area contributed by atoms with Crippen LogP contribution in [0.4, 0.5) is 4.39 Å². The highest BCUT2D eigenvalue weighted by Crippen LogP contribution is 2.27. The number of carbonyl (C=O) groups excluding carboxylic acids is 1. The van der Waals surface area contributed by atoms with Crippen molar-refractivity contribution >= 4 is 5.97 Å². The number of benzene rings is 1. The smallest absolute Gasteiger partial charge is 0.322 e. The van der Waals surface area contributed by atoms with Gasteiger partial charge in [0.05, 0.1) is 7.11 Å². The number of methoxy groups -OCH3 is 1. The molecule has 0 saturated heterocycles. The Morgan fingerprint density at radius 3 is 2.39 bits per heavy atom. The van der Waals surface area contributed by atoms with Crippen LogP contribution < -0.4 is 5.73 Å². The lowest BCUT2D eigenvalue weighted by Gasteiger charge is -2.22. The second kappa shape index (κ2) is 6.50. The van der Waals surface area contributed by atoms with Crippen LogP contribution in [-0.4, -0.2) is 19.1 Å². The van der Waals surface area contributed by atoms with E-state index in [9.17, 15) is 9.18 Å². The number of rotatable bonds is 5. The van der Waals surface area contributed by atoms with E-state index in [0.29, 0.717) is 6.42 Å². The van der Waals surface area contributed by atoms with Gasteiger partial charge in [0.2, 0.25) is 0 Å². The molecule has 1 rings (SSSR count). The average molecular weight is 253 g/mol. The van der Waals surface area contributed by atoms with Crippen LogP contribution in [-0.2, 0) is 9.53 Å². The molecule has 4 heteroatoms. The van der Waals surface area contributed by atoms with Crippen molar-refractivity contribution in [2.75, 3.05) is 7.11 Å². The number of hydrogen-bond donors (Lipinski definition) is 1. The maximum atomic E-state index is 12.8. The van der Waals surface area contributed by atoms with Crippen molar-refractivity contribution in [1.29, 1.82) is 0 Å². The van der Waals surface area contributed by atoms with Crippen molar-refractivity contribution in [3.8, 4) is 0 Å². The van der Waals surface area contributed by atoms with Gasteiger partial charge in [-0.3, -0.25) is 4.79 Å². The van der Waals surface area contributed by atoms with E-state index in [1.807, 2.05) is 13.8 Å². The number of nitrogens with two attached hydrogens (primary N) is 1. The van der Waals surface area contributed by atoms with E-state index in [1.165, 1.54) is 19.2 Å². The van der Waals surface area contributed by atoms with Crippen molar-refractivity contribution in [3.05, 3.63) is 35.6 Å². The van der Waals surface area contributed by atoms with Crippen LogP contribution in [0.1, 0.15) is 31.7 Å². The molecule has 0 amide bonds. The lowest BCUT2D eigenvalue weighted by atomic mass is 9.85. The topological polar surface area (TPSA) is 52.3 Å². The molecule has 100 valence electrons. The first-order valence-electron chi connectivity index (χ1n) is 6.04. The van der Waals surface area contributed by atoms with Gasteiger partial charge in [0.15, 0.2) is 0 Å². The third kappa shape index (κ3) is 3.81. The summed E-state index contributed by atoms with van der Waals surface area (Å²) in [5.41, 5.74) is 6.78. The summed E-state index contributed by atoms with van der Waals surface area (Å²) in [4.78, 5) is 11.3. The Kier molecular flexibility index (Phi) is 5.28. The van der Waals surface area contributed by atoms with Gasteiger partial charge in [-0.1, -0.05) is 26.0 Å². The van der Waals surface area contributed by atoms with Crippen LogP contribution >= 0.6 is 0 Å². The molecule has 0 saturated carbocycles. The summed E-state index contributed by atoms with van der Waals surface area (Å²) in [5.74, 6) is -0.219. The van der Waals surface area contributed by atoms with Crippen LogP contribution in [0.3, 0.4) is 0 Å². The predicted molar refractivity (Wildman–Crippen MR) is 68.6 cm³/mol. The van der Waals surface area contributed by atoms with E-state index in [0.717, 1.165) is 5.56 Å². The highest BCUT2D eigenvalue weighted by atomic mass is 19.1. The van der Waals surface area contributed by atoms with Crippen LogP contribution in [0.5, 0.6) is 0 Å². The number of ether oxygens (including phenoxy) is 1. The fraction of sp³-hybridized carbons (Fsp3) is 0.500. The van der Waals surface area contributed by atoms with E-state index < -0.39 is 12.0 Å². The van der Waals surface area contributed by atoms with Gasteiger partial charge in [-0.25, -0.2) is 4.39 Å². The van der Waals surface area contributed by atoms with Gasteiger partial charge in [-0.2, -0.15) is 0 Å². The molecule has 0 heterocycles. The van der Waals surface area contributed by atoms with E-state index in [-0.39, 0.29) is 17.7 Å². The Morgan fingerprint density at radius 2 is 1.89 bits per heavy atom. The van der Waals surface area contributed by atoms with E-state index in [4.69, 9.17) is 5.73 Å². The molecule has 0 spiro atoms. The molecule has 2 N–H and O–H groups in total. The Hall–Kier alpha value is -1.42. The zero-order chi connectivity index (χ0) is 13.7. The molecule has 0 bridgehead atoms. The van der Waals surface area contributed by atoms with Crippen LogP contribution in [0.15, 0.2) is 24.3 Å². The number of halogens is 1. The third-order valence-corrected chi connectivity index (χ3v) is 3.38. The van der Waals surface area contributed by atoms with Crippen LogP contribution in [0.25, 0.3) is 0 Å². The SMILES string of the molecule is COC(=O)C(N)CC(C)C(C)c1ccc(F)cc1. The first-order chi connectivity index (χ1) is 8.45.